The van der Waals surface area contributed by atoms with Gasteiger partial charge in [0.2, 0.25) is 5.91 Å². The van der Waals surface area contributed by atoms with Crippen LogP contribution in [-0.4, -0.2) is 77.6 Å². The highest BCUT2D eigenvalue weighted by atomic mass is 79.9. The second-order valence-electron chi connectivity index (χ2n) is 35.9. The molecule has 24 aromatic rings. The highest BCUT2D eigenvalue weighted by Crippen LogP contribution is 2.50. The van der Waals surface area contributed by atoms with Crippen LogP contribution in [0.3, 0.4) is 0 Å². The third-order valence-electron chi connectivity index (χ3n) is 27.7. The number of fused-ring (bicyclic) bond motifs is 24. The molecule has 15 nitrogen and oxygen atoms in total. The van der Waals surface area contributed by atoms with Gasteiger partial charge < -0.3 is 41.0 Å². The first-order valence-corrected chi connectivity index (χ1v) is 48.6. The molecule has 0 atom stereocenters. The fraction of sp³-hybridized carbons (Fsp3) is 0.0488. The Morgan fingerprint density at radius 1 is 0.336 bits per heavy atom. The molecule has 10 heterocycles. The van der Waals surface area contributed by atoms with Crippen LogP contribution in [0, 0.1) is 6.92 Å². The van der Waals surface area contributed by atoms with E-state index in [-0.39, 0.29) is 12.5 Å². The fourth-order valence-electron chi connectivity index (χ4n) is 21.2. The van der Waals surface area contributed by atoms with Crippen molar-refractivity contribution in [1.82, 2.24) is 29.9 Å². The molecule has 0 radical (unpaired) electrons. The van der Waals surface area contributed by atoms with Crippen molar-refractivity contribution in [1.29, 1.82) is 0 Å². The van der Waals surface area contributed by atoms with Gasteiger partial charge in [0.1, 0.15) is 0 Å². The first kappa shape index (κ1) is 84.6. The minimum Gasteiger partial charge on any atom is -0.361 e. The van der Waals surface area contributed by atoms with Crippen LogP contribution in [0.4, 0.5) is 34.1 Å². The monoisotopic (exact) mass is 1930 g/mol. The van der Waals surface area contributed by atoms with E-state index in [2.05, 4.69) is 371 Å². The van der Waals surface area contributed by atoms with Gasteiger partial charge in [0.15, 0.2) is 0 Å². The normalized spacial score (nSPS) is 13.3. The van der Waals surface area contributed by atoms with E-state index >= 15 is 0 Å². The number of hydrogen-bond acceptors (Lipinski definition) is 8. The van der Waals surface area contributed by atoms with Crippen LogP contribution in [-0.2, 0) is 24.1 Å². The summed E-state index contributed by atoms with van der Waals surface area (Å²) in [5, 5.41) is 24.9. The van der Waals surface area contributed by atoms with Crippen LogP contribution in [0.2, 0.25) is 0 Å². The lowest BCUT2D eigenvalue weighted by Crippen LogP contribution is -2.21. The fourth-order valence-corrected chi connectivity index (χ4v) is 21.9. The van der Waals surface area contributed by atoms with Gasteiger partial charge in [-0.05, 0) is 186 Å². The van der Waals surface area contributed by atoms with Gasteiger partial charge in [-0.3, -0.25) is 34.7 Å². The molecule has 140 heavy (non-hydrogen) atoms. The number of aryl methyl sites for hydroxylation is 1. The Kier molecular flexibility index (Phi) is 21.5. The first-order valence-electron chi connectivity index (χ1n) is 47.0. The molecule has 9 N–H and O–H groups in total. The molecule has 4 aliphatic heterocycles. The Bertz CT molecular complexity index is 9480. The Morgan fingerprint density at radius 3 is 1.26 bits per heavy atom. The smallest absolute Gasteiger partial charge is 0.238 e. The summed E-state index contributed by atoms with van der Waals surface area (Å²) >= 11 is 7.17. The summed E-state index contributed by atoms with van der Waals surface area (Å²) in [6, 6.07) is 123. The number of halogens is 2. The molecule has 0 fully saturated rings. The number of amides is 1. The number of nitrogens with zero attached hydrogens (tertiary/aromatic N) is 6. The number of carbonyl (C=O) groups is 1. The summed E-state index contributed by atoms with van der Waals surface area (Å²) in [6.07, 6.45) is 15.2. The third kappa shape index (κ3) is 15.3. The molecule has 0 saturated heterocycles. The molecule has 18 aromatic carbocycles. The zero-order chi connectivity index (χ0) is 93.6. The van der Waals surface area contributed by atoms with Gasteiger partial charge in [0.25, 0.3) is 0 Å². The predicted octanol–water partition coefficient (Wildman–Crippen LogP) is 31.2. The van der Waals surface area contributed by atoms with Crippen LogP contribution in [0.1, 0.15) is 73.3 Å². The minimum absolute atomic E-state index is 0.0456. The minimum atomic E-state index is -0.212. The Hall–Kier alpha value is -17.1. The van der Waals surface area contributed by atoms with Crippen molar-refractivity contribution in [2.45, 2.75) is 32.6 Å². The summed E-state index contributed by atoms with van der Waals surface area (Å²) in [5.41, 5.74) is 40.9. The summed E-state index contributed by atoms with van der Waals surface area (Å²) in [7, 11) is 0. The number of nitrogens with two attached hydrogens (primary N) is 1. The van der Waals surface area contributed by atoms with E-state index in [0.717, 1.165) is 180 Å². The number of benzene rings is 18. The lowest BCUT2D eigenvalue weighted by Gasteiger charge is -2.11. The Morgan fingerprint density at radius 2 is 0.729 bits per heavy atom. The number of rotatable bonds is 13. The highest BCUT2D eigenvalue weighted by molar-refractivity contribution is 9.10. The highest BCUT2D eigenvalue weighted by Gasteiger charge is 2.31. The number of aromatic nitrogens is 6. The average Bonchev–Trinajstić information content (AvgIpc) is 1.56. The molecule has 0 unspecified atom stereocenters. The van der Waals surface area contributed by atoms with Crippen molar-refractivity contribution in [2.75, 3.05) is 11.9 Å². The van der Waals surface area contributed by atoms with Crippen molar-refractivity contribution >= 4 is 248 Å². The summed E-state index contributed by atoms with van der Waals surface area (Å²) in [4.78, 5) is 63.1. The third-order valence-corrected chi connectivity index (χ3v) is 28.6. The number of hydrogen-bond donors (Lipinski definition) is 8. The van der Waals surface area contributed by atoms with Crippen LogP contribution in [0.5, 0.6) is 0 Å². The second kappa shape index (κ2) is 35.5. The van der Waals surface area contributed by atoms with E-state index in [4.69, 9.17) is 35.7 Å². The zero-order valence-electron chi connectivity index (χ0n) is 75.9. The number of aliphatic imine (C=N–C) groups is 6. The molecular weight excluding hydrogens is 1850 g/mol. The predicted molar refractivity (Wildman–Crippen MR) is 592 cm³/mol. The number of para-hydroxylation sites is 4. The maximum atomic E-state index is 11.8. The molecule has 1 amide bonds. The van der Waals surface area contributed by atoms with Crippen LogP contribution >= 0.6 is 31.9 Å². The maximum absolute atomic E-state index is 11.8. The van der Waals surface area contributed by atoms with Crippen LogP contribution in [0.25, 0.3) is 153 Å². The van der Waals surface area contributed by atoms with Crippen molar-refractivity contribution in [2.24, 2.45) is 35.7 Å². The van der Waals surface area contributed by atoms with Gasteiger partial charge in [0.05, 0.1) is 69.2 Å². The van der Waals surface area contributed by atoms with Gasteiger partial charge in [-0.2, -0.15) is 0 Å². The summed E-state index contributed by atoms with van der Waals surface area (Å²) in [6.45, 7) is 2.10. The molecule has 17 heteroatoms. The summed E-state index contributed by atoms with van der Waals surface area (Å²) < 4.78 is 2.11. The SMILES string of the molecule is Brc1ccc2[nH]cc(C=Nc3ccc4c(c3)c3c(c5ccccc54)N=C(c4c[nH]c5ccccc45)C3)c2c1.Cc1[nH]c2ccccc2c1C1=Nc2c(c3cc(N=Cc4c[nH]c5ccc(Br)cc45)ccc3c3ccccc23)C1.NCC(=O)Nc1cccc(C2=C(c3ccccc3)N=C(c3c[nH]c4ccccc34)C2)c1.c1ccc(-c2[nH]c3ccccc3c2C2=Nc3c(c4ccccc4c4ccccc34)C2)cc1. The van der Waals surface area contributed by atoms with Crippen LogP contribution < -0.4 is 11.1 Å². The molecule has 0 aliphatic carbocycles. The maximum Gasteiger partial charge on any atom is 0.238 e. The number of aromatic amines is 6. The number of H-pyrrole nitrogens is 6. The van der Waals surface area contributed by atoms with E-state index in [1.807, 2.05) is 91.7 Å². The summed E-state index contributed by atoms with van der Waals surface area (Å²) in [5.74, 6) is -0.212. The molecule has 4 aliphatic rings. The van der Waals surface area contributed by atoms with E-state index in [1.165, 1.54) is 125 Å². The molecule has 668 valence electrons. The van der Waals surface area contributed by atoms with Crippen molar-refractivity contribution in [3.8, 4) is 11.3 Å². The zero-order valence-corrected chi connectivity index (χ0v) is 79.1. The molecule has 6 aromatic heterocycles. The molecule has 0 bridgehead atoms. The van der Waals surface area contributed by atoms with Crippen LogP contribution in [0.15, 0.2) is 416 Å². The van der Waals surface area contributed by atoms with Gasteiger partial charge in [-0.25, -0.2) is 0 Å². The molecule has 0 saturated carbocycles. The van der Waals surface area contributed by atoms with Crippen molar-refractivity contribution in [3.63, 3.8) is 0 Å². The second-order valence-corrected chi connectivity index (χ2v) is 37.8. The lowest BCUT2D eigenvalue weighted by atomic mass is 9.92. The van der Waals surface area contributed by atoms with E-state index in [9.17, 15) is 4.79 Å². The van der Waals surface area contributed by atoms with Crippen molar-refractivity contribution < 1.29 is 4.79 Å². The first-order chi connectivity index (χ1) is 69.0. The number of allylic oxidation sites excluding steroid dienone is 1. The standard InChI is InChI=1S/C34H23BrN4.C33H21BrN4.C30H20N2.C26H22N4O/c1-19-33(26-8-4-5-9-31(26)38-19)32-16-29-28-15-22(36-17-20-18-37-30-13-10-21(35)14-27(20)30)11-12-24(28)23-6-2-3-7-25(23)34(29)39-32;34-20-9-12-31-26(13-20)19(17-36-31)16-35-21-10-11-23-22-5-1-2-7-25(22)33-28(27(23)14-21)15-32(38-33)29-18-37-30-8-4-3-6-24(29)30;1-2-10-19(11-3-1)29-28(24-16-8-9-17-26(24)31-29)27-18-25-22-14-5-4-12-20(22)21-13-6-7-15-23(21)30(25)32-27;27-15-25(31)29-19-10-6-9-18(13-19)21-14-24(30-26(21)17-7-2-1-3-8-17)22-16-28-23-12-5-4-11-20(22)23/h2-15,17-18,37-38H,16H2,1H3;1-14,16-18,36-37H,15H2;1-17,31H,18H2;1-13,16,28H,14-15,27H2,(H,29,31). The largest absolute Gasteiger partial charge is 0.361 e. The number of nitrogens with one attached hydrogen (secondary N) is 7. The van der Waals surface area contributed by atoms with Crippen molar-refractivity contribution in [3.05, 3.63) is 452 Å². The average molecular weight is 1940 g/mol. The van der Waals surface area contributed by atoms with E-state index in [0.29, 0.717) is 6.42 Å². The van der Waals surface area contributed by atoms with Gasteiger partial charge in [0, 0.05) is 204 Å². The molecular formula is C123H86Br2N14O. The Labute approximate surface area is 820 Å². The number of anilines is 1. The molecule has 0 spiro atoms. The van der Waals surface area contributed by atoms with E-state index in [1.54, 1.807) is 0 Å². The Balaban J connectivity index is 0.0000000990. The molecule has 28 rings (SSSR count). The lowest BCUT2D eigenvalue weighted by molar-refractivity contribution is -0.114. The van der Waals surface area contributed by atoms with Gasteiger partial charge in [-0.15, -0.1) is 0 Å². The van der Waals surface area contributed by atoms with Gasteiger partial charge >= 0.3 is 0 Å². The quantitative estimate of drug-likeness (QED) is 0.0417. The topological polar surface area (TPSA) is 224 Å². The van der Waals surface area contributed by atoms with Gasteiger partial charge in [-0.1, -0.05) is 287 Å². The van der Waals surface area contributed by atoms with E-state index < -0.39 is 0 Å². The number of carbonyl (C=O) groups excluding carboxylic acids is 1.